The number of carbonyl (C=O) groups excluding carboxylic acids is 1. The van der Waals surface area contributed by atoms with Crippen molar-refractivity contribution in [3.8, 4) is 0 Å². The lowest BCUT2D eigenvalue weighted by Crippen LogP contribution is -1.99. The second-order valence-corrected chi connectivity index (χ2v) is 3.58. The lowest BCUT2D eigenvalue weighted by molar-refractivity contribution is -0.385. The van der Waals surface area contributed by atoms with Crippen LogP contribution in [-0.4, -0.2) is 10.7 Å². The predicted octanol–water partition coefficient (Wildman–Crippen LogP) is 2.38. The Hall–Kier alpha value is -1.42. The van der Waals surface area contributed by atoms with Gasteiger partial charge in [-0.05, 0) is 18.1 Å². The molecule has 2 rings (SSSR count). The number of rotatable bonds is 1. The van der Waals surface area contributed by atoms with Gasteiger partial charge in [-0.15, -0.1) is 0 Å². The van der Waals surface area contributed by atoms with Crippen molar-refractivity contribution in [1.82, 2.24) is 0 Å². The van der Waals surface area contributed by atoms with Gasteiger partial charge in [0.15, 0.2) is 5.78 Å². The quantitative estimate of drug-likeness (QED) is 0.529. The number of nitro benzene ring substituents is 1. The molecule has 1 aromatic carbocycles. The molecule has 0 heterocycles. The van der Waals surface area contributed by atoms with Gasteiger partial charge in [0, 0.05) is 17.5 Å². The SMILES string of the molecule is O=C1CCc2cc(Cl)cc([N+](=O)[O-])c21. The molecule has 0 radical (unpaired) electrons. The van der Waals surface area contributed by atoms with Gasteiger partial charge in [0.25, 0.3) is 5.69 Å². The Kier molecular flexibility index (Phi) is 2.00. The molecule has 0 N–H and O–H groups in total. The van der Waals surface area contributed by atoms with Crippen LogP contribution in [0.25, 0.3) is 0 Å². The van der Waals surface area contributed by atoms with E-state index in [-0.39, 0.29) is 17.0 Å². The highest BCUT2D eigenvalue weighted by molar-refractivity contribution is 6.31. The number of Topliss-reactive ketones (excluding diaryl/α,β-unsaturated/α-hetero) is 1. The fraction of sp³-hybridized carbons (Fsp3) is 0.222. The summed E-state index contributed by atoms with van der Waals surface area (Å²) in [5, 5.41) is 11.0. The molecule has 5 heteroatoms. The summed E-state index contributed by atoms with van der Waals surface area (Å²) in [4.78, 5) is 21.4. The average molecular weight is 212 g/mol. The van der Waals surface area contributed by atoms with Gasteiger partial charge in [0.05, 0.1) is 10.5 Å². The van der Waals surface area contributed by atoms with Gasteiger partial charge in [0.1, 0.15) is 0 Å². The van der Waals surface area contributed by atoms with E-state index < -0.39 is 4.92 Å². The van der Waals surface area contributed by atoms with E-state index in [9.17, 15) is 14.9 Å². The van der Waals surface area contributed by atoms with Crippen molar-refractivity contribution in [2.45, 2.75) is 12.8 Å². The van der Waals surface area contributed by atoms with E-state index >= 15 is 0 Å². The van der Waals surface area contributed by atoms with E-state index in [0.717, 1.165) is 0 Å². The van der Waals surface area contributed by atoms with Gasteiger partial charge < -0.3 is 0 Å². The summed E-state index contributed by atoms with van der Waals surface area (Å²) in [5.74, 6) is -0.164. The van der Waals surface area contributed by atoms with Gasteiger partial charge in [-0.25, -0.2) is 0 Å². The fourth-order valence-electron chi connectivity index (χ4n) is 1.68. The van der Waals surface area contributed by atoms with Crippen molar-refractivity contribution >= 4 is 23.1 Å². The van der Waals surface area contributed by atoms with E-state index in [1.807, 2.05) is 0 Å². The zero-order chi connectivity index (χ0) is 10.3. The number of ketones is 1. The molecule has 0 saturated carbocycles. The normalized spacial score (nSPS) is 14.2. The first-order valence-electron chi connectivity index (χ1n) is 4.09. The summed E-state index contributed by atoms with van der Waals surface area (Å²) >= 11 is 5.70. The van der Waals surface area contributed by atoms with Crippen molar-refractivity contribution < 1.29 is 9.72 Å². The van der Waals surface area contributed by atoms with E-state index in [2.05, 4.69) is 0 Å². The summed E-state index contributed by atoms with van der Waals surface area (Å²) in [6.07, 6.45) is 0.895. The van der Waals surface area contributed by atoms with E-state index in [0.29, 0.717) is 23.4 Å². The molecule has 0 spiro atoms. The van der Waals surface area contributed by atoms with Crippen molar-refractivity contribution in [1.29, 1.82) is 0 Å². The Balaban J connectivity index is 2.71. The zero-order valence-corrected chi connectivity index (χ0v) is 7.87. The molecule has 0 bridgehead atoms. The minimum Gasteiger partial charge on any atom is -0.294 e. The molecular formula is C9H6ClNO3. The summed E-state index contributed by atoms with van der Waals surface area (Å²) in [5.41, 5.74) is 0.753. The largest absolute Gasteiger partial charge is 0.294 e. The molecule has 0 saturated heterocycles. The first-order chi connectivity index (χ1) is 6.59. The first kappa shape index (κ1) is 9.15. The van der Waals surface area contributed by atoms with E-state index in [1.54, 1.807) is 6.07 Å². The molecular weight excluding hydrogens is 206 g/mol. The van der Waals surface area contributed by atoms with Crippen LogP contribution in [0.2, 0.25) is 5.02 Å². The number of fused-ring (bicyclic) bond motifs is 1. The molecule has 0 atom stereocenters. The molecule has 4 nitrogen and oxygen atoms in total. The number of halogens is 1. The van der Waals surface area contributed by atoms with Crippen molar-refractivity contribution in [2.75, 3.05) is 0 Å². The second kappa shape index (κ2) is 3.06. The third-order valence-electron chi connectivity index (χ3n) is 2.26. The Morgan fingerprint density at radius 3 is 2.71 bits per heavy atom. The van der Waals surface area contributed by atoms with Crippen LogP contribution in [0.3, 0.4) is 0 Å². The van der Waals surface area contributed by atoms with Crippen LogP contribution in [0.4, 0.5) is 5.69 Å². The number of aryl methyl sites for hydroxylation is 1. The van der Waals surface area contributed by atoms with Crippen LogP contribution < -0.4 is 0 Å². The highest BCUT2D eigenvalue weighted by Crippen LogP contribution is 2.33. The number of nitro groups is 1. The van der Waals surface area contributed by atoms with E-state index in [1.165, 1.54) is 6.07 Å². The number of carbonyl (C=O) groups is 1. The van der Waals surface area contributed by atoms with Crippen LogP contribution >= 0.6 is 11.6 Å². The van der Waals surface area contributed by atoms with Crippen LogP contribution in [-0.2, 0) is 6.42 Å². The number of hydrogen-bond donors (Lipinski definition) is 0. The molecule has 72 valence electrons. The van der Waals surface area contributed by atoms with Gasteiger partial charge in [-0.2, -0.15) is 0 Å². The van der Waals surface area contributed by atoms with Crippen LogP contribution in [0.5, 0.6) is 0 Å². The smallest absolute Gasteiger partial charge is 0.281 e. The topological polar surface area (TPSA) is 60.2 Å². The third-order valence-corrected chi connectivity index (χ3v) is 2.48. The first-order valence-corrected chi connectivity index (χ1v) is 4.47. The Labute approximate surface area is 84.6 Å². The molecule has 0 fully saturated rings. The maximum absolute atomic E-state index is 11.4. The highest BCUT2D eigenvalue weighted by atomic mass is 35.5. The lowest BCUT2D eigenvalue weighted by Gasteiger charge is -2.00. The molecule has 1 aliphatic carbocycles. The van der Waals surface area contributed by atoms with Gasteiger partial charge in [0.2, 0.25) is 0 Å². The lowest BCUT2D eigenvalue weighted by atomic mass is 10.1. The average Bonchev–Trinajstić information content (AvgIpc) is 2.46. The highest BCUT2D eigenvalue weighted by Gasteiger charge is 2.29. The van der Waals surface area contributed by atoms with Gasteiger partial charge >= 0.3 is 0 Å². The van der Waals surface area contributed by atoms with Gasteiger partial charge in [-0.1, -0.05) is 11.6 Å². The molecule has 0 amide bonds. The van der Waals surface area contributed by atoms with Crippen molar-refractivity contribution in [3.63, 3.8) is 0 Å². The Morgan fingerprint density at radius 1 is 1.36 bits per heavy atom. The fourth-order valence-corrected chi connectivity index (χ4v) is 1.92. The monoisotopic (exact) mass is 211 g/mol. The second-order valence-electron chi connectivity index (χ2n) is 3.14. The Bertz CT molecular complexity index is 442. The van der Waals surface area contributed by atoms with Crippen molar-refractivity contribution in [3.05, 3.63) is 38.4 Å². The third kappa shape index (κ3) is 1.28. The summed E-state index contributed by atoms with van der Waals surface area (Å²) in [6.45, 7) is 0. The molecule has 1 aliphatic rings. The predicted molar refractivity (Wildman–Crippen MR) is 50.8 cm³/mol. The zero-order valence-electron chi connectivity index (χ0n) is 7.12. The molecule has 0 aliphatic heterocycles. The van der Waals surface area contributed by atoms with Crippen LogP contribution in [0.1, 0.15) is 22.3 Å². The molecule has 14 heavy (non-hydrogen) atoms. The van der Waals surface area contributed by atoms with Crippen LogP contribution in [0, 0.1) is 10.1 Å². The summed E-state index contributed by atoms with van der Waals surface area (Å²) in [6, 6.07) is 2.85. The minimum absolute atomic E-state index is 0.164. The maximum Gasteiger partial charge on any atom is 0.281 e. The number of benzene rings is 1. The molecule has 0 aromatic heterocycles. The standard InChI is InChI=1S/C9H6ClNO3/c10-6-3-5-1-2-8(12)9(5)7(4-6)11(13)14/h3-4H,1-2H2. The van der Waals surface area contributed by atoms with Crippen molar-refractivity contribution in [2.24, 2.45) is 0 Å². The number of hydrogen-bond acceptors (Lipinski definition) is 3. The minimum atomic E-state index is -0.562. The van der Waals surface area contributed by atoms with E-state index in [4.69, 9.17) is 11.6 Å². The number of nitrogens with zero attached hydrogens (tertiary/aromatic N) is 1. The van der Waals surface area contributed by atoms with Crippen LogP contribution in [0.15, 0.2) is 12.1 Å². The summed E-state index contributed by atoms with van der Waals surface area (Å²) < 4.78 is 0. The van der Waals surface area contributed by atoms with Gasteiger partial charge in [-0.3, -0.25) is 14.9 Å². The maximum atomic E-state index is 11.4. The Morgan fingerprint density at radius 2 is 2.07 bits per heavy atom. The molecule has 0 unspecified atom stereocenters. The molecule has 1 aromatic rings. The summed E-state index contributed by atoms with van der Waals surface area (Å²) in [7, 11) is 0.